The first-order valence-corrected chi connectivity index (χ1v) is 18.2. The lowest BCUT2D eigenvalue weighted by molar-refractivity contribution is -0.122. The first-order chi connectivity index (χ1) is 25.8. The Bertz CT molecular complexity index is 2200. The Morgan fingerprint density at radius 2 is 1.42 bits per heavy atom. The summed E-state index contributed by atoms with van der Waals surface area (Å²) in [5.74, 6) is -0.521. The van der Waals surface area contributed by atoms with Gasteiger partial charge in [0.05, 0.1) is 12.8 Å². The molecular formula is C43H35Cl2N3O5. The highest BCUT2D eigenvalue weighted by Gasteiger charge is 2.40. The van der Waals surface area contributed by atoms with Crippen molar-refractivity contribution in [2.75, 3.05) is 30.0 Å². The van der Waals surface area contributed by atoms with Crippen LogP contribution in [0.2, 0.25) is 10.0 Å². The minimum atomic E-state index is -0.789. The molecule has 1 saturated heterocycles. The lowest BCUT2D eigenvalue weighted by Crippen LogP contribution is -2.54. The van der Waals surface area contributed by atoms with Crippen molar-refractivity contribution in [2.45, 2.75) is 31.3 Å². The van der Waals surface area contributed by atoms with Gasteiger partial charge in [0.1, 0.15) is 12.2 Å². The fourth-order valence-electron chi connectivity index (χ4n) is 7.71. The number of hydrogen-bond acceptors (Lipinski definition) is 6. The highest BCUT2D eigenvalue weighted by atomic mass is 35.5. The predicted molar refractivity (Wildman–Crippen MR) is 207 cm³/mol. The molecule has 4 amide bonds. The molecule has 53 heavy (non-hydrogen) atoms. The normalized spacial score (nSPS) is 18.8. The van der Waals surface area contributed by atoms with E-state index in [0.29, 0.717) is 32.8 Å². The number of barbiturate groups is 1. The van der Waals surface area contributed by atoms with E-state index in [-0.39, 0.29) is 24.0 Å². The van der Waals surface area contributed by atoms with E-state index in [1.54, 1.807) is 36.4 Å². The summed E-state index contributed by atoms with van der Waals surface area (Å²) in [6.07, 6.45) is 3.26. The number of anilines is 2. The van der Waals surface area contributed by atoms with E-state index < -0.39 is 17.8 Å². The molecule has 8 nitrogen and oxygen atoms in total. The second kappa shape index (κ2) is 14.5. The molecule has 3 aliphatic heterocycles. The molecule has 0 saturated carbocycles. The van der Waals surface area contributed by atoms with Gasteiger partial charge in [-0.05, 0) is 83.1 Å². The summed E-state index contributed by atoms with van der Waals surface area (Å²) in [5, 5.41) is 3.41. The number of carbonyl (C=O) groups is 3. The monoisotopic (exact) mass is 743 g/mol. The van der Waals surface area contributed by atoms with Crippen molar-refractivity contribution in [3.63, 3.8) is 0 Å². The fraction of sp³-hybridized carbons (Fsp3) is 0.186. The van der Waals surface area contributed by atoms with Crippen molar-refractivity contribution in [3.05, 3.63) is 158 Å². The van der Waals surface area contributed by atoms with Crippen LogP contribution in [0.4, 0.5) is 16.2 Å². The van der Waals surface area contributed by atoms with E-state index in [9.17, 15) is 14.4 Å². The van der Waals surface area contributed by atoms with Crippen LogP contribution in [-0.2, 0) is 16.2 Å². The zero-order chi connectivity index (χ0) is 36.6. The summed E-state index contributed by atoms with van der Waals surface area (Å²) in [5.41, 5.74) is 7.15. The van der Waals surface area contributed by atoms with Gasteiger partial charge < -0.3 is 14.4 Å². The highest BCUT2D eigenvalue weighted by molar-refractivity contribution is 6.39. The quantitative estimate of drug-likeness (QED) is 0.126. The summed E-state index contributed by atoms with van der Waals surface area (Å²) in [7, 11) is 1.50. The molecule has 266 valence electrons. The van der Waals surface area contributed by atoms with Crippen LogP contribution in [0.25, 0.3) is 6.08 Å². The maximum atomic E-state index is 14.3. The zero-order valence-electron chi connectivity index (χ0n) is 28.9. The molecule has 3 aliphatic rings. The van der Waals surface area contributed by atoms with E-state index in [0.717, 1.165) is 47.5 Å². The van der Waals surface area contributed by atoms with Crippen LogP contribution in [0.3, 0.4) is 0 Å². The molecule has 5 aromatic carbocycles. The van der Waals surface area contributed by atoms with Gasteiger partial charge in [0.25, 0.3) is 11.8 Å². The van der Waals surface area contributed by atoms with E-state index in [1.807, 2.05) is 48.5 Å². The van der Waals surface area contributed by atoms with Crippen LogP contribution >= 0.6 is 23.2 Å². The Labute approximate surface area is 317 Å². The minimum Gasteiger partial charge on any atom is -0.493 e. The number of nitrogens with zero attached hydrogens (tertiary/aromatic N) is 2. The highest BCUT2D eigenvalue weighted by Crippen LogP contribution is 2.50. The average molecular weight is 745 g/mol. The molecule has 10 heteroatoms. The van der Waals surface area contributed by atoms with Gasteiger partial charge in [0, 0.05) is 46.2 Å². The lowest BCUT2D eigenvalue weighted by atomic mass is 9.76. The number of ether oxygens (including phenoxy) is 2. The maximum absolute atomic E-state index is 14.3. The molecule has 2 atom stereocenters. The number of imide groups is 2. The number of nitrogens with one attached hydrogen (secondary N) is 1. The summed E-state index contributed by atoms with van der Waals surface area (Å²) in [4.78, 5) is 44.8. The van der Waals surface area contributed by atoms with Crippen molar-refractivity contribution in [1.82, 2.24) is 5.32 Å². The summed E-state index contributed by atoms with van der Waals surface area (Å²) in [6, 6.07) is 34.1. The minimum absolute atomic E-state index is 0.0687. The van der Waals surface area contributed by atoms with Gasteiger partial charge in [0.15, 0.2) is 11.5 Å². The summed E-state index contributed by atoms with van der Waals surface area (Å²) >= 11 is 12.4. The molecule has 0 bridgehead atoms. The number of hydrogen-bond donors (Lipinski definition) is 1. The largest absolute Gasteiger partial charge is 0.493 e. The van der Waals surface area contributed by atoms with Crippen LogP contribution < -0.4 is 24.6 Å². The lowest BCUT2D eigenvalue weighted by Gasteiger charge is -2.44. The summed E-state index contributed by atoms with van der Waals surface area (Å²) in [6.45, 7) is 1.99. The Morgan fingerprint density at radius 3 is 2.02 bits per heavy atom. The van der Waals surface area contributed by atoms with E-state index in [2.05, 4.69) is 34.5 Å². The predicted octanol–water partition coefficient (Wildman–Crippen LogP) is 9.12. The van der Waals surface area contributed by atoms with Gasteiger partial charge in [-0.3, -0.25) is 14.9 Å². The van der Waals surface area contributed by atoms with Crippen molar-refractivity contribution >= 4 is 58.5 Å². The number of rotatable bonds is 8. The van der Waals surface area contributed by atoms with Crippen LogP contribution in [0.1, 0.15) is 58.1 Å². The third-order valence-electron chi connectivity index (χ3n) is 10.3. The third kappa shape index (κ3) is 6.65. The van der Waals surface area contributed by atoms with Gasteiger partial charge in [-0.2, -0.15) is 0 Å². The standard InChI is InChI=1S/C43H35Cl2N3O5/c1-52-39-21-26(12-15-38(39)53-25-29-13-14-30(44)22-37(29)45)20-36-41(49)46-43(51)48(42(36)50)31-23-34-32(27-8-4-2-5-9-27)16-18-47-19-17-33(35(24-31)40(34)47)28-10-6-3-7-11-28/h2-15,20-24,32-33H,16-19,25H2,1H3,(H,46,49,51)/b36-20+/t32-,33-/m0/s1. The molecule has 0 radical (unpaired) electrons. The Balaban J connectivity index is 1.16. The van der Waals surface area contributed by atoms with Crippen LogP contribution in [-0.4, -0.2) is 38.0 Å². The number of halogens is 2. The number of carbonyl (C=O) groups excluding carboxylic acids is 3. The molecule has 1 fully saturated rings. The number of benzene rings is 5. The van der Waals surface area contributed by atoms with Crippen molar-refractivity contribution in [3.8, 4) is 11.5 Å². The van der Waals surface area contributed by atoms with Gasteiger partial charge in [0.2, 0.25) is 0 Å². The first-order valence-electron chi connectivity index (χ1n) is 17.5. The van der Waals surface area contributed by atoms with Gasteiger partial charge in [-0.15, -0.1) is 0 Å². The van der Waals surface area contributed by atoms with Crippen molar-refractivity contribution in [1.29, 1.82) is 0 Å². The van der Waals surface area contributed by atoms with Crippen LogP contribution in [0.15, 0.2) is 115 Å². The van der Waals surface area contributed by atoms with Crippen molar-refractivity contribution in [2.24, 2.45) is 0 Å². The maximum Gasteiger partial charge on any atom is 0.335 e. The third-order valence-corrected chi connectivity index (χ3v) is 10.8. The molecule has 0 spiro atoms. The number of methoxy groups -OCH3 is 1. The van der Waals surface area contributed by atoms with Gasteiger partial charge in [-0.1, -0.05) is 96.0 Å². The summed E-state index contributed by atoms with van der Waals surface area (Å²) < 4.78 is 11.6. The Kier molecular flexibility index (Phi) is 9.41. The Hall–Kier alpha value is -5.57. The second-order valence-corrected chi connectivity index (χ2v) is 14.2. The molecule has 3 heterocycles. The molecular weight excluding hydrogens is 709 g/mol. The first kappa shape index (κ1) is 34.5. The molecule has 0 unspecified atom stereocenters. The molecule has 1 N–H and O–H groups in total. The van der Waals surface area contributed by atoms with Crippen molar-refractivity contribution < 1.29 is 23.9 Å². The smallest absolute Gasteiger partial charge is 0.335 e. The number of urea groups is 1. The van der Waals surface area contributed by atoms with E-state index in [1.165, 1.54) is 30.0 Å². The van der Waals surface area contributed by atoms with E-state index in [4.69, 9.17) is 32.7 Å². The SMILES string of the molecule is COc1cc(/C=C2\C(=O)NC(=O)N(c3cc4c5c(c3)[C@H](c3ccccc3)CCN5CC[C@H]4c3ccccc3)C2=O)ccc1OCc1ccc(Cl)cc1Cl. The Morgan fingerprint density at radius 1 is 0.774 bits per heavy atom. The molecule has 8 rings (SSSR count). The molecule has 0 aliphatic carbocycles. The fourth-order valence-corrected chi connectivity index (χ4v) is 8.18. The topological polar surface area (TPSA) is 88.2 Å². The zero-order valence-corrected chi connectivity index (χ0v) is 30.4. The average Bonchev–Trinajstić information content (AvgIpc) is 3.17. The van der Waals surface area contributed by atoms with Gasteiger partial charge in [-0.25, -0.2) is 9.69 Å². The van der Waals surface area contributed by atoms with E-state index >= 15 is 0 Å². The van der Waals surface area contributed by atoms with Crippen LogP contribution in [0.5, 0.6) is 11.5 Å². The molecule has 0 aromatic heterocycles. The van der Waals surface area contributed by atoms with Gasteiger partial charge >= 0.3 is 6.03 Å². The second-order valence-electron chi connectivity index (χ2n) is 13.4. The molecule has 5 aromatic rings. The van der Waals surface area contributed by atoms with Crippen LogP contribution in [0, 0.1) is 0 Å². The number of amides is 4.